The molecule has 7 heteroatoms. The van der Waals surface area contributed by atoms with Crippen molar-refractivity contribution >= 4 is 131 Å². The molecule has 0 saturated heterocycles. The maximum atomic E-state index is 11.9. The van der Waals surface area contributed by atoms with Gasteiger partial charge in [0, 0.05) is 92.9 Å². The van der Waals surface area contributed by atoms with E-state index in [0.29, 0.717) is 5.56 Å². The van der Waals surface area contributed by atoms with E-state index < -0.39 is 0 Å². The fourth-order valence-electron chi connectivity index (χ4n) is 16.3. The van der Waals surface area contributed by atoms with Crippen LogP contribution in [0.25, 0.3) is 176 Å². The van der Waals surface area contributed by atoms with Gasteiger partial charge in [0.1, 0.15) is 0 Å². The Morgan fingerprint density at radius 2 is 0.479 bits per heavy atom. The van der Waals surface area contributed by atoms with Crippen molar-refractivity contribution in [3.8, 4) is 51.3 Å². The highest BCUT2D eigenvalue weighted by molar-refractivity contribution is 6.17. The Balaban J connectivity index is 0.953. The molecule has 20 rings (SSSR count). The molecule has 7 nitrogen and oxygen atoms in total. The molecule has 20 aromatic rings. The second-order valence-corrected chi connectivity index (χ2v) is 25.3. The largest absolute Gasteiger partial charge is 0.309 e. The van der Waals surface area contributed by atoms with Crippen LogP contribution in [0.2, 0.25) is 0 Å². The van der Waals surface area contributed by atoms with Gasteiger partial charge in [0.05, 0.1) is 89.2 Å². The van der Waals surface area contributed by atoms with Crippen molar-refractivity contribution in [2.24, 2.45) is 0 Å². The van der Waals surface area contributed by atoms with Gasteiger partial charge in [0.25, 0.3) is 0 Å². The van der Waals surface area contributed by atoms with Crippen molar-refractivity contribution in [1.82, 2.24) is 27.4 Å². The van der Waals surface area contributed by atoms with Crippen LogP contribution in [-0.4, -0.2) is 27.4 Å². The predicted octanol–water partition coefficient (Wildman–Crippen LogP) is 22.4. The highest BCUT2D eigenvalue weighted by atomic mass is 15.1. The molecule has 0 unspecified atom stereocenters. The van der Waals surface area contributed by atoms with E-state index in [1.807, 2.05) is 0 Å². The Labute approximate surface area is 539 Å². The number of rotatable bonds is 7. The van der Waals surface area contributed by atoms with E-state index in [4.69, 9.17) is 0 Å². The summed E-state index contributed by atoms with van der Waals surface area (Å²) in [7, 11) is 0. The summed E-state index contributed by atoms with van der Waals surface area (Å²) < 4.78 is 14.6. The summed E-state index contributed by atoms with van der Waals surface area (Å²) >= 11 is 0. The number of nitriles is 1. The topological polar surface area (TPSA) is 53.4 Å². The molecule has 0 aliphatic rings. The zero-order chi connectivity index (χ0) is 62.0. The van der Waals surface area contributed by atoms with Gasteiger partial charge in [0.15, 0.2) is 0 Å². The van der Waals surface area contributed by atoms with Crippen LogP contribution >= 0.6 is 0 Å². The SMILES string of the molecule is Cc1ccc(-c2c(-n3c4cc(-n5c6ccccc6c6ccccc65)ccc4c4ccc(-n5c6ccccc6c6ccccc65)cc43)cc(C#N)cc2-n2c3cc(-n4c5ccccc5c5ccccc54)ccc3c3ccc(-n4c5ccccc5c5ccccc54)cc32)c(C)c1. The molecular formula is C87H55N7. The lowest BCUT2D eigenvalue weighted by Crippen LogP contribution is -2.07. The van der Waals surface area contributed by atoms with Crippen molar-refractivity contribution in [3.05, 3.63) is 314 Å². The van der Waals surface area contributed by atoms with Crippen LogP contribution in [-0.2, 0) is 0 Å². The Bertz CT molecular complexity index is 5790. The molecule has 14 aromatic carbocycles. The number of aromatic nitrogens is 6. The van der Waals surface area contributed by atoms with E-state index in [2.05, 4.69) is 345 Å². The summed E-state index contributed by atoms with van der Waals surface area (Å²) in [5.74, 6) is 0. The van der Waals surface area contributed by atoms with E-state index in [-0.39, 0.29) is 0 Å². The van der Waals surface area contributed by atoms with Gasteiger partial charge < -0.3 is 27.4 Å². The summed E-state index contributed by atoms with van der Waals surface area (Å²) in [6.07, 6.45) is 0. The van der Waals surface area contributed by atoms with Crippen LogP contribution < -0.4 is 0 Å². The summed E-state index contributed by atoms with van der Waals surface area (Å²) in [4.78, 5) is 0. The zero-order valence-corrected chi connectivity index (χ0v) is 51.4. The lowest BCUT2D eigenvalue weighted by atomic mass is 9.93. The smallest absolute Gasteiger partial charge is 0.0993 e. The molecule has 0 atom stereocenters. The minimum Gasteiger partial charge on any atom is -0.309 e. The minimum absolute atomic E-state index is 0.540. The first-order valence-corrected chi connectivity index (χ1v) is 32.2. The highest BCUT2D eigenvalue weighted by Gasteiger charge is 2.27. The third-order valence-electron chi connectivity index (χ3n) is 20.2. The number of para-hydroxylation sites is 8. The summed E-state index contributed by atoms with van der Waals surface area (Å²) in [5, 5.41) is 25.9. The molecule has 0 aliphatic heterocycles. The molecule has 6 aromatic heterocycles. The summed E-state index contributed by atoms with van der Waals surface area (Å²) in [6, 6.07) is 112. The molecule has 6 heterocycles. The molecule has 0 saturated carbocycles. The standard InChI is InChI=1S/C87H55N7/c1-53-35-40-60(54(2)45-53)87-85(93-81-48-56(89-73-27-11-3-19-61(73)62-20-4-12-28-74(62)89)36-41-69(81)70-42-37-57(49-82(70)93)90-75-29-13-5-21-63(75)64-22-6-14-30-76(64)90)46-55(52-88)47-86(87)94-83-50-58(91-77-31-15-7-23-65(77)66-24-8-16-32-78(66)91)38-43-71(83)72-44-39-59(51-84(72)94)92-79-33-17-9-25-67(79)68-26-10-18-34-80(68)92/h3-51H,1-2H3. The monoisotopic (exact) mass is 1200 g/mol. The second-order valence-electron chi connectivity index (χ2n) is 25.3. The lowest BCUT2D eigenvalue weighted by molar-refractivity contribution is 1.11. The third kappa shape index (κ3) is 7.30. The Hall–Kier alpha value is -12.6. The van der Waals surface area contributed by atoms with E-state index in [1.54, 1.807) is 0 Å². The number of hydrogen-bond donors (Lipinski definition) is 0. The number of hydrogen-bond acceptors (Lipinski definition) is 1. The number of fused-ring (bicyclic) bond motifs is 18. The third-order valence-corrected chi connectivity index (χ3v) is 20.2. The second kappa shape index (κ2) is 19.7. The Kier molecular flexibility index (Phi) is 10.9. The zero-order valence-electron chi connectivity index (χ0n) is 51.4. The minimum atomic E-state index is 0.540. The van der Waals surface area contributed by atoms with Crippen LogP contribution in [0.4, 0.5) is 0 Å². The molecule has 0 bridgehead atoms. The van der Waals surface area contributed by atoms with Crippen LogP contribution in [0.5, 0.6) is 0 Å². The van der Waals surface area contributed by atoms with Crippen molar-refractivity contribution < 1.29 is 0 Å². The molecule has 0 N–H and O–H groups in total. The molecular weight excluding hydrogens is 1140 g/mol. The van der Waals surface area contributed by atoms with Crippen molar-refractivity contribution in [2.75, 3.05) is 0 Å². The molecule has 0 spiro atoms. The van der Waals surface area contributed by atoms with Gasteiger partial charge in [0.2, 0.25) is 0 Å². The van der Waals surface area contributed by atoms with Gasteiger partial charge >= 0.3 is 0 Å². The van der Waals surface area contributed by atoms with Crippen LogP contribution in [0.15, 0.2) is 297 Å². The first kappa shape index (κ1) is 52.2. The normalized spacial score (nSPS) is 12.1. The number of benzene rings is 14. The average molecular weight is 1200 g/mol. The Morgan fingerprint density at radius 3 is 0.723 bits per heavy atom. The summed E-state index contributed by atoms with van der Waals surface area (Å²) in [6.45, 7) is 4.42. The Morgan fingerprint density at radius 1 is 0.234 bits per heavy atom. The van der Waals surface area contributed by atoms with E-state index in [9.17, 15) is 5.26 Å². The predicted molar refractivity (Wildman–Crippen MR) is 392 cm³/mol. The summed E-state index contributed by atoms with van der Waals surface area (Å²) in [5.41, 5.74) is 24.0. The molecule has 0 fully saturated rings. The fourth-order valence-corrected chi connectivity index (χ4v) is 16.3. The highest BCUT2D eigenvalue weighted by Crippen LogP contribution is 2.47. The molecule has 94 heavy (non-hydrogen) atoms. The number of nitrogens with zero attached hydrogens (tertiary/aromatic N) is 7. The lowest BCUT2D eigenvalue weighted by Gasteiger charge is -2.23. The maximum Gasteiger partial charge on any atom is 0.0993 e. The first-order valence-electron chi connectivity index (χ1n) is 32.2. The van der Waals surface area contributed by atoms with Gasteiger partial charge in [-0.15, -0.1) is 0 Å². The van der Waals surface area contributed by atoms with Gasteiger partial charge in [-0.2, -0.15) is 5.26 Å². The van der Waals surface area contributed by atoms with Gasteiger partial charge in [-0.1, -0.05) is 194 Å². The van der Waals surface area contributed by atoms with E-state index in [1.165, 1.54) is 48.7 Å². The van der Waals surface area contributed by atoms with Gasteiger partial charge in [-0.25, -0.2) is 0 Å². The molecule has 0 amide bonds. The van der Waals surface area contributed by atoms with Crippen molar-refractivity contribution in [1.29, 1.82) is 5.26 Å². The van der Waals surface area contributed by atoms with Crippen molar-refractivity contribution in [2.45, 2.75) is 13.8 Å². The first-order chi connectivity index (χ1) is 46.4. The fraction of sp³-hybridized carbons (Fsp3) is 0.0230. The van der Waals surface area contributed by atoms with E-state index >= 15 is 0 Å². The van der Waals surface area contributed by atoms with Crippen LogP contribution in [0, 0.1) is 25.2 Å². The quantitative estimate of drug-likeness (QED) is 0.157. The maximum absolute atomic E-state index is 11.9. The van der Waals surface area contributed by atoms with Gasteiger partial charge in [-0.05, 0) is 134 Å². The molecule has 438 valence electrons. The average Bonchev–Trinajstić information content (AvgIpc) is 1.56. The van der Waals surface area contributed by atoms with Crippen LogP contribution in [0.3, 0.4) is 0 Å². The van der Waals surface area contributed by atoms with Gasteiger partial charge in [-0.3, -0.25) is 0 Å². The molecule has 0 aliphatic carbocycles. The van der Waals surface area contributed by atoms with Crippen molar-refractivity contribution in [3.63, 3.8) is 0 Å². The number of aryl methyl sites for hydroxylation is 2. The van der Waals surface area contributed by atoms with E-state index in [0.717, 1.165) is 139 Å². The molecule has 0 radical (unpaired) electrons. The van der Waals surface area contributed by atoms with Crippen LogP contribution in [0.1, 0.15) is 16.7 Å².